The third-order valence-electron chi connectivity index (χ3n) is 3.85. The van der Waals surface area contributed by atoms with Gasteiger partial charge in [0.2, 0.25) is 0 Å². The molecule has 7 nitrogen and oxygen atoms in total. The number of hydrogen-bond donors (Lipinski definition) is 2. The summed E-state index contributed by atoms with van der Waals surface area (Å²) in [6.45, 7) is 0. The third-order valence-corrected chi connectivity index (χ3v) is 10.2. The highest BCUT2D eigenvalue weighted by atomic mass is 28.5. The van der Waals surface area contributed by atoms with E-state index in [9.17, 15) is 0 Å². The largest absolute Gasteiger partial charge is 0.529 e. The lowest BCUT2D eigenvalue weighted by atomic mass is 10.3. The first-order valence-corrected chi connectivity index (χ1v) is 11.0. The summed E-state index contributed by atoms with van der Waals surface area (Å²) < 4.78 is 29.3. The average molecular weight is 381 g/mol. The molecule has 0 aliphatic heterocycles. The van der Waals surface area contributed by atoms with E-state index in [4.69, 9.17) is 33.3 Å². The molecule has 0 amide bonds. The molecule has 0 spiro atoms. The SMILES string of the molecule is CO[Si](OC)(O[Si](OC)(OC)c1cccc(N)c1)c1ccc(N)cc1. The standard InChI is InChI=1S/C16H24N2O5Si2/c1-19-24(20-2,15-10-8-13(17)9-11-15)23-25(21-3,22-4)16-7-5-6-14(18)12-16/h5-12H,17-18H2,1-4H3. The van der Waals surface area contributed by atoms with Crippen LogP contribution in [0.3, 0.4) is 0 Å². The molecule has 0 fully saturated rings. The summed E-state index contributed by atoms with van der Waals surface area (Å²) in [7, 11) is -0.485. The topological polar surface area (TPSA) is 98.2 Å². The first kappa shape index (κ1) is 19.6. The maximum Gasteiger partial charge on any atom is 0.529 e. The smallest absolute Gasteiger partial charge is 0.399 e. The van der Waals surface area contributed by atoms with Gasteiger partial charge in [0.25, 0.3) is 0 Å². The van der Waals surface area contributed by atoms with E-state index in [0.717, 1.165) is 10.4 Å². The molecular weight excluding hydrogens is 356 g/mol. The average Bonchev–Trinajstić information content (AvgIpc) is 2.65. The highest BCUT2D eigenvalue weighted by Gasteiger charge is 2.55. The zero-order chi connectivity index (χ0) is 18.5. The first-order chi connectivity index (χ1) is 11.9. The van der Waals surface area contributed by atoms with Gasteiger partial charge in [-0.05, 0) is 24.3 Å². The quantitative estimate of drug-likeness (QED) is 0.507. The highest BCUT2D eigenvalue weighted by molar-refractivity contribution is 6.88. The van der Waals surface area contributed by atoms with Crippen molar-refractivity contribution in [3.8, 4) is 0 Å². The molecule has 0 bridgehead atoms. The van der Waals surface area contributed by atoms with E-state index < -0.39 is 17.6 Å². The normalized spacial score (nSPS) is 12.3. The van der Waals surface area contributed by atoms with Crippen molar-refractivity contribution in [3.63, 3.8) is 0 Å². The molecule has 4 N–H and O–H groups in total. The van der Waals surface area contributed by atoms with E-state index >= 15 is 0 Å². The Morgan fingerprint density at radius 3 is 1.64 bits per heavy atom. The van der Waals surface area contributed by atoms with Crippen molar-refractivity contribution < 1.29 is 21.8 Å². The van der Waals surface area contributed by atoms with Gasteiger partial charge < -0.3 is 33.3 Å². The van der Waals surface area contributed by atoms with Crippen molar-refractivity contribution in [1.29, 1.82) is 0 Å². The summed E-state index contributed by atoms with van der Waals surface area (Å²) in [5.74, 6) is 0. The summed E-state index contributed by atoms with van der Waals surface area (Å²) in [6.07, 6.45) is 0. The first-order valence-electron chi connectivity index (χ1n) is 7.58. The van der Waals surface area contributed by atoms with E-state index in [1.807, 2.05) is 24.3 Å². The lowest BCUT2D eigenvalue weighted by Crippen LogP contribution is -2.68. The Balaban J connectivity index is 2.52. The summed E-state index contributed by atoms with van der Waals surface area (Å²) in [4.78, 5) is 0. The molecule has 0 aliphatic rings. The predicted molar refractivity (Wildman–Crippen MR) is 102 cm³/mol. The van der Waals surface area contributed by atoms with E-state index in [0.29, 0.717) is 11.4 Å². The van der Waals surface area contributed by atoms with E-state index in [2.05, 4.69) is 0 Å². The molecule has 0 radical (unpaired) electrons. The van der Waals surface area contributed by atoms with Gasteiger partial charge in [0.1, 0.15) is 0 Å². The van der Waals surface area contributed by atoms with Crippen LogP contribution in [0, 0.1) is 0 Å². The van der Waals surface area contributed by atoms with Gasteiger partial charge in [-0.3, -0.25) is 0 Å². The van der Waals surface area contributed by atoms with Crippen molar-refractivity contribution in [2.24, 2.45) is 0 Å². The summed E-state index contributed by atoms with van der Waals surface area (Å²) in [5, 5.41) is 1.47. The second-order valence-corrected chi connectivity index (χ2v) is 11.1. The molecule has 0 heterocycles. The van der Waals surface area contributed by atoms with Gasteiger partial charge >= 0.3 is 17.6 Å². The molecular formula is C16H24N2O5Si2. The van der Waals surface area contributed by atoms with E-state index in [-0.39, 0.29) is 0 Å². The fourth-order valence-electron chi connectivity index (χ4n) is 2.52. The summed E-state index contributed by atoms with van der Waals surface area (Å²) in [6, 6.07) is 14.4. The Morgan fingerprint density at radius 1 is 0.640 bits per heavy atom. The van der Waals surface area contributed by atoms with Crippen LogP contribution >= 0.6 is 0 Å². The van der Waals surface area contributed by atoms with Crippen LogP contribution in [0.15, 0.2) is 48.5 Å². The minimum Gasteiger partial charge on any atom is -0.399 e. The van der Waals surface area contributed by atoms with Gasteiger partial charge in [-0.2, -0.15) is 0 Å². The van der Waals surface area contributed by atoms with Gasteiger partial charge in [0.05, 0.1) is 0 Å². The molecule has 2 rings (SSSR count). The lowest BCUT2D eigenvalue weighted by molar-refractivity contribution is 0.107. The predicted octanol–water partition coefficient (Wildman–Crippen LogP) is 0.445. The van der Waals surface area contributed by atoms with Crippen LogP contribution in [0.2, 0.25) is 0 Å². The molecule has 0 atom stereocenters. The van der Waals surface area contributed by atoms with Crippen LogP contribution < -0.4 is 21.8 Å². The monoisotopic (exact) mass is 380 g/mol. The molecule has 136 valence electrons. The van der Waals surface area contributed by atoms with Gasteiger partial charge in [0, 0.05) is 50.2 Å². The maximum absolute atomic E-state index is 6.38. The molecule has 0 aromatic heterocycles. The van der Waals surface area contributed by atoms with Crippen LogP contribution in [0.25, 0.3) is 0 Å². The Kier molecular flexibility index (Phi) is 6.35. The van der Waals surface area contributed by atoms with Crippen LogP contribution in [0.4, 0.5) is 11.4 Å². The molecule has 2 aromatic rings. The molecule has 2 aromatic carbocycles. The van der Waals surface area contributed by atoms with Gasteiger partial charge in [0.15, 0.2) is 0 Å². The lowest BCUT2D eigenvalue weighted by Gasteiger charge is -2.35. The van der Waals surface area contributed by atoms with Crippen molar-refractivity contribution in [1.82, 2.24) is 0 Å². The molecule has 0 saturated carbocycles. The Bertz CT molecular complexity index is 691. The third kappa shape index (κ3) is 3.93. The van der Waals surface area contributed by atoms with Crippen LogP contribution in [0.5, 0.6) is 0 Å². The number of nitrogen functional groups attached to an aromatic ring is 2. The Hall–Kier alpha value is -1.73. The number of nitrogens with two attached hydrogens (primary N) is 2. The van der Waals surface area contributed by atoms with E-state index in [1.54, 1.807) is 24.3 Å². The van der Waals surface area contributed by atoms with Crippen LogP contribution in [-0.2, 0) is 21.8 Å². The van der Waals surface area contributed by atoms with E-state index in [1.165, 1.54) is 28.4 Å². The Morgan fingerprint density at radius 2 is 1.16 bits per heavy atom. The summed E-state index contributed by atoms with van der Waals surface area (Å²) >= 11 is 0. The van der Waals surface area contributed by atoms with Crippen molar-refractivity contribution in [2.45, 2.75) is 0 Å². The van der Waals surface area contributed by atoms with Crippen LogP contribution in [-0.4, -0.2) is 46.0 Å². The Labute approximate surface area is 150 Å². The van der Waals surface area contributed by atoms with Crippen molar-refractivity contribution in [2.75, 3.05) is 39.9 Å². The second kappa shape index (κ2) is 8.10. The van der Waals surface area contributed by atoms with Crippen molar-refractivity contribution in [3.05, 3.63) is 48.5 Å². The molecule has 9 heteroatoms. The molecule has 25 heavy (non-hydrogen) atoms. The zero-order valence-electron chi connectivity index (χ0n) is 14.8. The van der Waals surface area contributed by atoms with Gasteiger partial charge in [-0.1, -0.05) is 24.3 Å². The maximum atomic E-state index is 6.38. The summed E-state index contributed by atoms with van der Waals surface area (Å²) in [5.41, 5.74) is 12.9. The van der Waals surface area contributed by atoms with Crippen LogP contribution in [0.1, 0.15) is 0 Å². The molecule has 0 unspecified atom stereocenters. The number of benzene rings is 2. The minimum atomic E-state index is -3.32. The van der Waals surface area contributed by atoms with Gasteiger partial charge in [-0.15, -0.1) is 0 Å². The molecule has 0 saturated heterocycles. The number of rotatable bonds is 8. The molecule has 0 aliphatic carbocycles. The number of hydrogen-bond acceptors (Lipinski definition) is 7. The minimum absolute atomic E-state index is 0.585. The number of anilines is 2. The highest BCUT2D eigenvalue weighted by Crippen LogP contribution is 2.19. The zero-order valence-corrected chi connectivity index (χ0v) is 16.8. The second-order valence-electron chi connectivity index (χ2n) is 5.28. The fraction of sp³-hybridized carbons (Fsp3) is 0.250. The van der Waals surface area contributed by atoms with Gasteiger partial charge in [-0.25, -0.2) is 0 Å². The fourth-order valence-corrected chi connectivity index (χ4v) is 8.70. The van der Waals surface area contributed by atoms with Crippen molar-refractivity contribution >= 4 is 39.4 Å².